The Balaban J connectivity index is 1.74. The highest BCUT2D eigenvalue weighted by atomic mass is 14.5. The predicted molar refractivity (Wildman–Crippen MR) is 69.4 cm³/mol. The molecule has 3 aliphatic carbocycles. The molecule has 0 aromatic rings. The molecule has 3 fully saturated rings. The maximum absolute atomic E-state index is 2.58. The van der Waals surface area contributed by atoms with E-state index in [0.29, 0.717) is 0 Å². The molecule has 0 heteroatoms. The van der Waals surface area contributed by atoms with Crippen molar-refractivity contribution in [3.05, 3.63) is 0 Å². The average molecular weight is 220 g/mol. The van der Waals surface area contributed by atoms with Gasteiger partial charge in [0.15, 0.2) is 0 Å². The standard InChI is InChI=1S/C16H28/c1-13(14-8-9-14)15-7-6-12-16(15)10-4-2-3-5-11-16/h13-15H,2-12H2,1H3/t13-,15?/m1/s1. The molecule has 3 rings (SSSR count). The molecule has 0 radical (unpaired) electrons. The van der Waals surface area contributed by atoms with Crippen molar-refractivity contribution >= 4 is 0 Å². The second-order valence-corrected chi connectivity index (χ2v) is 6.97. The zero-order valence-corrected chi connectivity index (χ0v) is 11.0. The molecule has 16 heavy (non-hydrogen) atoms. The van der Waals surface area contributed by atoms with Crippen LogP contribution in [0.3, 0.4) is 0 Å². The lowest BCUT2D eigenvalue weighted by Crippen LogP contribution is -2.30. The van der Waals surface area contributed by atoms with E-state index < -0.39 is 0 Å². The first-order chi connectivity index (χ1) is 7.82. The molecule has 1 spiro atoms. The van der Waals surface area contributed by atoms with Crippen LogP contribution >= 0.6 is 0 Å². The third-order valence-electron chi connectivity index (χ3n) is 6.08. The van der Waals surface area contributed by atoms with Crippen LogP contribution < -0.4 is 0 Å². The second-order valence-electron chi connectivity index (χ2n) is 6.97. The maximum Gasteiger partial charge on any atom is -0.0267 e. The normalized spacial score (nSPS) is 36.2. The van der Waals surface area contributed by atoms with Crippen LogP contribution in [0.25, 0.3) is 0 Å². The number of hydrogen-bond donors (Lipinski definition) is 0. The van der Waals surface area contributed by atoms with Crippen molar-refractivity contribution in [1.29, 1.82) is 0 Å². The summed E-state index contributed by atoms with van der Waals surface area (Å²) < 4.78 is 0. The van der Waals surface area contributed by atoms with Crippen LogP contribution in [0, 0.1) is 23.2 Å². The summed E-state index contributed by atoms with van der Waals surface area (Å²) >= 11 is 0. The Morgan fingerprint density at radius 1 is 0.812 bits per heavy atom. The van der Waals surface area contributed by atoms with Gasteiger partial charge in [-0.2, -0.15) is 0 Å². The van der Waals surface area contributed by atoms with Crippen LogP contribution in [-0.4, -0.2) is 0 Å². The van der Waals surface area contributed by atoms with E-state index in [1.54, 1.807) is 44.9 Å². The van der Waals surface area contributed by atoms with Gasteiger partial charge in [-0.3, -0.25) is 0 Å². The van der Waals surface area contributed by atoms with E-state index in [-0.39, 0.29) is 0 Å². The van der Waals surface area contributed by atoms with Crippen molar-refractivity contribution in [2.45, 2.75) is 77.6 Å². The number of hydrogen-bond acceptors (Lipinski definition) is 0. The molecule has 0 heterocycles. The molecule has 0 aromatic carbocycles. The zero-order valence-electron chi connectivity index (χ0n) is 11.0. The Hall–Kier alpha value is 0. The minimum atomic E-state index is 0.818. The van der Waals surface area contributed by atoms with Gasteiger partial charge in [-0.1, -0.05) is 39.0 Å². The Bertz CT molecular complexity index is 230. The highest BCUT2D eigenvalue weighted by Crippen LogP contribution is 2.58. The molecule has 2 atom stereocenters. The van der Waals surface area contributed by atoms with Crippen molar-refractivity contribution in [3.8, 4) is 0 Å². The molecule has 3 aliphatic rings. The highest BCUT2D eigenvalue weighted by molar-refractivity contribution is 4.98. The van der Waals surface area contributed by atoms with Crippen LogP contribution in [0.2, 0.25) is 0 Å². The monoisotopic (exact) mass is 220 g/mol. The van der Waals surface area contributed by atoms with Crippen LogP contribution in [0.15, 0.2) is 0 Å². The fraction of sp³-hybridized carbons (Fsp3) is 1.00. The van der Waals surface area contributed by atoms with Crippen molar-refractivity contribution in [2.24, 2.45) is 23.2 Å². The highest BCUT2D eigenvalue weighted by Gasteiger charge is 2.47. The molecule has 1 unspecified atom stereocenters. The van der Waals surface area contributed by atoms with Crippen LogP contribution in [-0.2, 0) is 0 Å². The van der Waals surface area contributed by atoms with Crippen LogP contribution in [0.4, 0.5) is 0 Å². The van der Waals surface area contributed by atoms with Gasteiger partial charge in [-0.05, 0) is 61.7 Å². The van der Waals surface area contributed by atoms with Gasteiger partial charge in [0.25, 0.3) is 0 Å². The second kappa shape index (κ2) is 4.35. The van der Waals surface area contributed by atoms with Crippen molar-refractivity contribution in [1.82, 2.24) is 0 Å². The Morgan fingerprint density at radius 2 is 1.44 bits per heavy atom. The predicted octanol–water partition coefficient (Wildman–Crippen LogP) is 5.17. The third-order valence-corrected chi connectivity index (χ3v) is 6.08. The molecule has 92 valence electrons. The minimum Gasteiger partial charge on any atom is -0.0620 e. The summed E-state index contributed by atoms with van der Waals surface area (Å²) in [6.45, 7) is 2.58. The zero-order chi connectivity index (χ0) is 11.0. The minimum absolute atomic E-state index is 0.818. The molecule has 0 aliphatic heterocycles. The first-order valence-electron chi connectivity index (χ1n) is 7.82. The van der Waals surface area contributed by atoms with Gasteiger partial charge in [0.05, 0.1) is 0 Å². The van der Waals surface area contributed by atoms with Gasteiger partial charge in [-0.25, -0.2) is 0 Å². The van der Waals surface area contributed by atoms with Crippen LogP contribution in [0.1, 0.15) is 77.6 Å². The summed E-state index contributed by atoms with van der Waals surface area (Å²) in [5, 5.41) is 0. The summed E-state index contributed by atoms with van der Waals surface area (Å²) in [4.78, 5) is 0. The van der Waals surface area contributed by atoms with E-state index in [0.717, 1.165) is 23.2 Å². The summed E-state index contributed by atoms with van der Waals surface area (Å²) in [6.07, 6.45) is 17.1. The first-order valence-corrected chi connectivity index (χ1v) is 7.82. The Labute approximate surface area is 101 Å². The van der Waals surface area contributed by atoms with Crippen molar-refractivity contribution in [3.63, 3.8) is 0 Å². The molecule has 0 aromatic heterocycles. The third kappa shape index (κ3) is 1.93. The summed E-state index contributed by atoms with van der Waals surface area (Å²) in [5.74, 6) is 3.29. The van der Waals surface area contributed by atoms with Crippen LogP contribution in [0.5, 0.6) is 0 Å². The largest absolute Gasteiger partial charge is 0.0620 e. The molecule has 0 N–H and O–H groups in total. The van der Waals surface area contributed by atoms with Gasteiger partial charge >= 0.3 is 0 Å². The van der Waals surface area contributed by atoms with Gasteiger partial charge in [0, 0.05) is 0 Å². The smallest absolute Gasteiger partial charge is 0.0267 e. The van der Waals surface area contributed by atoms with E-state index in [1.165, 1.54) is 25.7 Å². The summed E-state index contributed by atoms with van der Waals surface area (Å²) in [5.41, 5.74) is 0.818. The van der Waals surface area contributed by atoms with E-state index >= 15 is 0 Å². The van der Waals surface area contributed by atoms with Gasteiger partial charge in [-0.15, -0.1) is 0 Å². The maximum atomic E-state index is 2.58. The molecular weight excluding hydrogens is 192 g/mol. The Morgan fingerprint density at radius 3 is 2.06 bits per heavy atom. The van der Waals surface area contributed by atoms with E-state index in [2.05, 4.69) is 6.92 Å². The van der Waals surface area contributed by atoms with E-state index in [9.17, 15) is 0 Å². The van der Waals surface area contributed by atoms with Gasteiger partial charge < -0.3 is 0 Å². The lowest BCUT2D eigenvalue weighted by atomic mass is 9.66. The molecule has 0 nitrogen and oxygen atoms in total. The average Bonchev–Trinajstić information content (AvgIpc) is 3.05. The summed E-state index contributed by atoms with van der Waals surface area (Å²) in [6, 6.07) is 0. The molecular formula is C16H28. The van der Waals surface area contributed by atoms with Gasteiger partial charge in [0.2, 0.25) is 0 Å². The fourth-order valence-corrected chi connectivity index (χ4v) is 4.99. The lowest BCUT2D eigenvalue weighted by Gasteiger charge is -2.38. The first kappa shape index (κ1) is 11.1. The number of rotatable bonds is 2. The van der Waals surface area contributed by atoms with E-state index in [4.69, 9.17) is 0 Å². The molecule has 3 saturated carbocycles. The topological polar surface area (TPSA) is 0 Å². The quantitative estimate of drug-likeness (QED) is 0.602. The lowest BCUT2D eigenvalue weighted by molar-refractivity contribution is 0.109. The fourth-order valence-electron chi connectivity index (χ4n) is 4.99. The SMILES string of the molecule is C[C@H](C1CC1)C1CCCC12CCCCCC2. The van der Waals surface area contributed by atoms with E-state index in [1.807, 2.05) is 0 Å². The summed E-state index contributed by atoms with van der Waals surface area (Å²) in [7, 11) is 0. The van der Waals surface area contributed by atoms with Crippen molar-refractivity contribution in [2.75, 3.05) is 0 Å². The van der Waals surface area contributed by atoms with Gasteiger partial charge in [0.1, 0.15) is 0 Å². The Kier molecular flexibility index (Phi) is 3.02. The van der Waals surface area contributed by atoms with Crippen molar-refractivity contribution < 1.29 is 0 Å². The molecule has 0 amide bonds. The molecule has 0 saturated heterocycles. The molecule has 0 bridgehead atoms.